The molecule has 1 amide bonds. The third kappa shape index (κ3) is 3.17. The van der Waals surface area contributed by atoms with Crippen molar-refractivity contribution in [3.63, 3.8) is 0 Å². The van der Waals surface area contributed by atoms with Crippen molar-refractivity contribution in [1.29, 1.82) is 0 Å². The molecule has 0 bridgehead atoms. The molecule has 0 saturated carbocycles. The van der Waals surface area contributed by atoms with Gasteiger partial charge in [0.15, 0.2) is 0 Å². The molecule has 4 nitrogen and oxygen atoms in total. The fourth-order valence-electron chi connectivity index (χ4n) is 1.86. The molecular weight excluding hydrogens is 272 g/mol. The van der Waals surface area contributed by atoms with E-state index in [0.717, 1.165) is 0 Å². The Hall–Kier alpha value is -1.88. The highest BCUT2D eigenvalue weighted by Crippen LogP contribution is 2.20. The zero-order chi connectivity index (χ0) is 14.5. The van der Waals surface area contributed by atoms with Crippen molar-refractivity contribution in [2.45, 2.75) is 20.4 Å². The highest BCUT2D eigenvalue weighted by atomic mass is 32.1. The van der Waals surface area contributed by atoms with Crippen molar-refractivity contribution in [2.75, 3.05) is 13.7 Å². The van der Waals surface area contributed by atoms with Crippen LogP contribution in [0.1, 0.15) is 27.7 Å². The van der Waals surface area contributed by atoms with Crippen molar-refractivity contribution in [3.8, 4) is 5.88 Å². The van der Waals surface area contributed by atoms with Crippen LogP contribution in [0.15, 0.2) is 29.8 Å². The summed E-state index contributed by atoms with van der Waals surface area (Å²) in [6.07, 6.45) is 1.63. The summed E-state index contributed by atoms with van der Waals surface area (Å²) in [6, 6.07) is 5.56. The summed E-state index contributed by atoms with van der Waals surface area (Å²) in [5, 5.41) is 2.04. The monoisotopic (exact) mass is 290 g/mol. The van der Waals surface area contributed by atoms with E-state index in [0.29, 0.717) is 24.6 Å². The Morgan fingerprint density at radius 1 is 1.45 bits per heavy atom. The number of aromatic nitrogens is 1. The Labute approximate surface area is 123 Å². The van der Waals surface area contributed by atoms with Crippen LogP contribution in [0.5, 0.6) is 5.88 Å². The molecule has 2 heterocycles. The van der Waals surface area contributed by atoms with Crippen LogP contribution in [0.25, 0.3) is 0 Å². The van der Waals surface area contributed by atoms with E-state index >= 15 is 0 Å². The van der Waals surface area contributed by atoms with E-state index in [1.807, 2.05) is 12.3 Å². The summed E-state index contributed by atoms with van der Waals surface area (Å²) >= 11 is 1.66. The van der Waals surface area contributed by atoms with Gasteiger partial charge in [-0.25, -0.2) is 4.98 Å². The lowest BCUT2D eigenvalue weighted by molar-refractivity contribution is 0.0781. The predicted molar refractivity (Wildman–Crippen MR) is 80.3 cm³/mol. The van der Waals surface area contributed by atoms with Crippen LogP contribution in [-0.2, 0) is 6.54 Å². The first kappa shape index (κ1) is 14.5. The average molecular weight is 290 g/mol. The number of thiophene rings is 1. The van der Waals surface area contributed by atoms with Crippen molar-refractivity contribution >= 4 is 17.2 Å². The standard InChI is InChI=1S/C15H18N2O2S/c1-4-19-14-12(6-5-8-16-14)15(18)17(3)10-13-11(2)7-9-20-13/h5-9H,4,10H2,1-3H3. The third-order valence-electron chi connectivity index (χ3n) is 2.98. The van der Waals surface area contributed by atoms with Crippen LogP contribution in [0.3, 0.4) is 0 Å². The number of carbonyl (C=O) groups excluding carboxylic acids is 1. The number of amides is 1. The van der Waals surface area contributed by atoms with Gasteiger partial charge in [0.05, 0.1) is 13.2 Å². The van der Waals surface area contributed by atoms with Crippen molar-refractivity contribution in [2.24, 2.45) is 0 Å². The molecule has 0 aliphatic rings. The topological polar surface area (TPSA) is 42.4 Å². The Bertz CT molecular complexity index is 595. The van der Waals surface area contributed by atoms with E-state index in [1.165, 1.54) is 10.4 Å². The number of hydrogen-bond acceptors (Lipinski definition) is 4. The number of ether oxygens (including phenoxy) is 1. The number of aryl methyl sites for hydroxylation is 1. The summed E-state index contributed by atoms with van der Waals surface area (Å²) in [5.41, 5.74) is 1.72. The predicted octanol–water partition coefficient (Wildman–Crippen LogP) is 3.12. The van der Waals surface area contributed by atoms with E-state index in [9.17, 15) is 4.79 Å². The minimum Gasteiger partial charge on any atom is -0.477 e. The second-order valence-electron chi connectivity index (χ2n) is 4.48. The molecule has 0 N–H and O–H groups in total. The maximum Gasteiger partial charge on any atom is 0.259 e. The number of carbonyl (C=O) groups is 1. The zero-order valence-electron chi connectivity index (χ0n) is 11.9. The number of rotatable bonds is 5. The molecule has 0 aliphatic carbocycles. The second kappa shape index (κ2) is 6.52. The maximum atomic E-state index is 12.5. The van der Waals surface area contributed by atoms with Crippen LogP contribution in [-0.4, -0.2) is 29.4 Å². The van der Waals surface area contributed by atoms with Gasteiger partial charge in [0, 0.05) is 18.1 Å². The van der Waals surface area contributed by atoms with E-state index in [2.05, 4.69) is 18.0 Å². The molecule has 20 heavy (non-hydrogen) atoms. The quantitative estimate of drug-likeness (QED) is 0.849. The normalized spacial score (nSPS) is 10.3. The van der Waals surface area contributed by atoms with Gasteiger partial charge in [-0.2, -0.15) is 0 Å². The largest absolute Gasteiger partial charge is 0.477 e. The van der Waals surface area contributed by atoms with Crippen LogP contribution >= 0.6 is 11.3 Å². The minimum atomic E-state index is -0.0747. The molecule has 0 aliphatic heterocycles. The molecule has 5 heteroatoms. The van der Waals surface area contributed by atoms with Crippen molar-refractivity contribution in [3.05, 3.63) is 45.8 Å². The van der Waals surface area contributed by atoms with Gasteiger partial charge in [-0.05, 0) is 43.0 Å². The molecule has 0 saturated heterocycles. The second-order valence-corrected chi connectivity index (χ2v) is 5.48. The smallest absolute Gasteiger partial charge is 0.259 e. The lowest BCUT2D eigenvalue weighted by Gasteiger charge is -2.18. The van der Waals surface area contributed by atoms with E-state index in [1.54, 1.807) is 41.6 Å². The molecule has 0 radical (unpaired) electrons. The zero-order valence-corrected chi connectivity index (χ0v) is 12.7. The SMILES string of the molecule is CCOc1ncccc1C(=O)N(C)Cc1sccc1C. The van der Waals surface area contributed by atoms with Gasteiger partial charge in [0.1, 0.15) is 5.56 Å². The van der Waals surface area contributed by atoms with Gasteiger partial charge >= 0.3 is 0 Å². The third-order valence-corrected chi connectivity index (χ3v) is 3.99. The fourth-order valence-corrected chi connectivity index (χ4v) is 2.82. The Morgan fingerprint density at radius 2 is 2.25 bits per heavy atom. The highest BCUT2D eigenvalue weighted by Gasteiger charge is 2.18. The number of pyridine rings is 1. The van der Waals surface area contributed by atoms with E-state index < -0.39 is 0 Å². The molecular formula is C15H18N2O2S. The lowest BCUT2D eigenvalue weighted by atomic mass is 10.2. The molecule has 0 fully saturated rings. The van der Waals surface area contributed by atoms with Crippen LogP contribution in [0.2, 0.25) is 0 Å². The molecule has 0 atom stereocenters. The van der Waals surface area contributed by atoms with Crippen molar-refractivity contribution < 1.29 is 9.53 Å². The Kier molecular flexibility index (Phi) is 4.74. The fraction of sp³-hybridized carbons (Fsp3) is 0.333. The highest BCUT2D eigenvalue weighted by molar-refractivity contribution is 7.10. The molecule has 0 aromatic carbocycles. The van der Waals surface area contributed by atoms with Gasteiger partial charge in [0.2, 0.25) is 5.88 Å². The van der Waals surface area contributed by atoms with Gasteiger partial charge < -0.3 is 9.64 Å². The van der Waals surface area contributed by atoms with Crippen LogP contribution < -0.4 is 4.74 Å². The first-order chi connectivity index (χ1) is 9.63. The first-order valence-electron chi connectivity index (χ1n) is 6.49. The summed E-state index contributed by atoms with van der Waals surface area (Å²) in [4.78, 5) is 19.5. The molecule has 0 unspecified atom stereocenters. The molecule has 0 spiro atoms. The summed E-state index contributed by atoms with van der Waals surface area (Å²) < 4.78 is 5.41. The first-order valence-corrected chi connectivity index (χ1v) is 7.37. The average Bonchev–Trinajstić information content (AvgIpc) is 2.84. The molecule has 2 rings (SSSR count). The summed E-state index contributed by atoms with van der Waals surface area (Å²) in [6.45, 7) is 5.02. The Balaban J connectivity index is 2.16. The van der Waals surface area contributed by atoms with Gasteiger partial charge in [0.25, 0.3) is 5.91 Å². The van der Waals surface area contributed by atoms with E-state index in [4.69, 9.17) is 4.74 Å². The van der Waals surface area contributed by atoms with E-state index in [-0.39, 0.29) is 5.91 Å². The maximum absolute atomic E-state index is 12.5. The molecule has 106 valence electrons. The molecule has 2 aromatic rings. The Morgan fingerprint density at radius 3 is 2.90 bits per heavy atom. The molecule has 2 aromatic heterocycles. The van der Waals surface area contributed by atoms with Crippen LogP contribution in [0.4, 0.5) is 0 Å². The lowest BCUT2D eigenvalue weighted by Crippen LogP contribution is -2.26. The van der Waals surface area contributed by atoms with Crippen molar-refractivity contribution in [1.82, 2.24) is 9.88 Å². The number of hydrogen-bond donors (Lipinski definition) is 0. The van der Waals surface area contributed by atoms with Gasteiger partial charge in [-0.1, -0.05) is 0 Å². The summed E-state index contributed by atoms with van der Waals surface area (Å²) in [7, 11) is 1.80. The summed E-state index contributed by atoms with van der Waals surface area (Å²) in [5.74, 6) is 0.323. The number of nitrogens with zero attached hydrogens (tertiary/aromatic N) is 2. The van der Waals surface area contributed by atoms with Gasteiger partial charge in [-0.15, -0.1) is 11.3 Å². The van der Waals surface area contributed by atoms with Gasteiger partial charge in [-0.3, -0.25) is 4.79 Å². The van der Waals surface area contributed by atoms with Crippen LogP contribution in [0, 0.1) is 6.92 Å². The minimum absolute atomic E-state index is 0.0747.